The van der Waals surface area contributed by atoms with Gasteiger partial charge in [0.15, 0.2) is 6.61 Å². The summed E-state index contributed by atoms with van der Waals surface area (Å²) in [7, 11) is 0. The fourth-order valence-corrected chi connectivity index (χ4v) is 7.82. The van der Waals surface area contributed by atoms with Gasteiger partial charge in [-0.25, -0.2) is 0 Å². The average Bonchev–Trinajstić information content (AvgIpc) is 2.87. The summed E-state index contributed by atoms with van der Waals surface area (Å²) in [4.78, 5) is 16.7. The SMILES string of the molecule is O=C(COc1ccc(C23CC4CC(CC(C4)C2)C3)cc1)N1CCN(Cc2ccc(C(F)(F)F)cc2)CC1. The average molecular weight is 513 g/mol. The number of nitrogens with zero attached hydrogens (tertiary/aromatic N) is 2. The maximum absolute atomic E-state index is 12.8. The maximum Gasteiger partial charge on any atom is 0.416 e. The summed E-state index contributed by atoms with van der Waals surface area (Å²) in [5.74, 6) is 3.45. The molecule has 0 N–H and O–H groups in total. The number of rotatable bonds is 6. The minimum atomic E-state index is -4.32. The van der Waals surface area contributed by atoms with Gasteiger partial charge in [-0.2, -0.15) is 13.2 Å². The third kappa shape index (κ3) is 5.25. The van der Waals surface area contributed by atoms with E-state index in [-0.39, 0.29) is 12.5 Å². The van der Waals surface area contributed by atoms with Crippen molar-refractivity contribution in [3.05, 3.63) is 65.2 Å². The van der Waals surface area contributed by atoms with Gasteiger partial charge in [0.05, 0.1) is 5.56 Å². The first-order chi connectivity index (χ1) is 17.8. The van der Waals surface area contributed by atoms with Gasteiger partial charge in [0.2, 0.25) is 0 Å². The molecule has 4 nitrogen and oxygen atoms in total. The summed E-state index contributed by atoms with van der Waals surface area (Å²) in [6, 6.07) is 13.8. The van der Waals surface area contributed by atoms with Gasteiger partial charge < -0.3 is 9.64 Å². The summed E-state index contributed by atoms with van der Waals surface area (Å²) in [5.41, 5.74) is 2.03. The number of carbonyl (C=O) groups is 1. The van der Waals surface area contributed by atoms with Gasteiger partial charge in [0, 0.05) is 32.7 Å². The highest BCUT2D eigenvalue weighted by molar-refractivity contribution is 5.77. The van der Waals surface area contributed by atoms with E-state index in [2.05, 4.69) is 17.0 Å². The molecule has 7 heteroatoms. The minimum Gasteiger partial charge on any atom is -0.484 e. The second kappa shape index (κ2) is 9.64. The molecule has 4 aliphatic carbocycles. The molecule has 0 aromatic heterocycles. The highest BCUT2D eigenvalue weighted by Gasteiger charge is 2.51. The molecular formula is C30H35F3N2O2. The zero-order chi connectivity index (χ0) is 25.6. The predicted molar refractivity (Wildman–Crippen MR) is 135 cm³/mol. The number of benzene rings is 2. The van der Waals surface area contributed by atoms with Crippen LogP contribution in [0.15, 0.2) is 48.5 Å². The lowest BCUT2D eigenvalue weighted by molar-refractivity contribution is -0.137. The molecule has 7 rings (SSSR count). The van der Waals surface area contributed by atoms with E-state index < -0.39 is 11.7 Å². The summed E-state index contributed by atoms with van der Waals surface area (Å²) < 4.78 is 44.2. The molecule has 1 heterocycles. The molecule has 0 atom stereocenters. The van der Waals surface area contributed by atoms with Crippen molar-refractivity contribution in [1.29, 1.82) is 0 Å². The van der Waals surface area contributed by atoms with E-state index in [9.17, 15) is 18.0 Å². The lowest BCUT2D eigenvalue weighted by atomic mass is 9.48. The summed E-state index contributed by atoms with van der Waals surface area (Å²) >= 11 is 0. The van der Waals surface area contributed by atoms with E-state index in [1.807, 2.05) is 17.0 Å². The van der Waals surface area contributed by atoms with Crippen molar-refractivity contribution < 1.29 is 22.7 Å². The Morgan fingerprint density at radius 2 is 1.41 bits per heavy atom. The minimum absolute atomic E-state index is 0.0234. The van der Waals surface area contributed by atoms with Gasteiger partial charge in [-0.1, -0.05) is 24.3 Å². The summed E-state index contributed by atoms with van der Waals surface area (Å²) in [5, 5.41) is 0. The van der Waals surface area contributed by atoms with Gasteiger partial charge in [0.25, 0.3) is 5.91 Å². The summed E-state index contributed by atoms with van der Waals surface area (Å²) in [6.45, 7) is 3.16. The highest BCUT2D eigenvalue weighted by Crippen LogP contribution is 2.60. The van der Waals surface area contributed by atoms with Crippen LogP contribution in [0.4, 0.5) is 13.2 Å². The van der Waals surface area contributed by atoms with Crippen molar-refractivity contribution in [2.45, 2.75) is 56.7 Å². The fraction of sp³-hybridized carbons (Fsp3) is 0.567. The molecule has 4 bridgehead atoms. The van der Waals surface area contributed by atoms with Crippen LogP contribution in [0.2, 0.25) is 0 Å². The van der Waals surface area contributed by atoms with Crippen molar-refractivity contribution in [2.24, 2.45) is 17.8 Å². The molecule has 4 saturated carbocycles. The van der Waals surface area contributed by atoms with Crippen molar-refractivity contribution in [3.63, 3.8) is 0 Å². The molecule has 0 spiro atoms. The van der Waals surface area contributed by atoms with E-state index in [1.54, 1.807) is 0 Å². The smallest absolute Gasteiger partial charge is 0.416 e. The van der Waals surface area contributed by atoms with E-state index >= 15 is 0 Å². The Morgan fingerprint density at radius 1 is 0.838 bits per heavy atom. The van der Waals surface area contributed by atoms with Crippen LogP contribution in [0, 0.1) is 17.8 Å². The number of hydrogen-bond acceptors (Lipinski definition) is 3. The largest absolute Gasteiger partial charge is 0.484 e. The van der Waals surface area contributed by atoms with Crippen LogP contribution >= 0.6 is 0 Å². The van der Waals surface area contributed by atoms with Crippen LogP contribution in [-0.2, 0) is 22.9 Å². The fourth-order valence-electron chi connectivity index (χ4n) is 7.82. The Labute approximate surface area is 216 Å². The van der Waals surface area contributed by atoms with Crippen molar-refractivity contribution in [2.75, 3.05) is 32.8 Å². The van der Waals surface area contributed by atoms with E-state index in [0.717, 1.165) is 41.2 Å². The standard InChI is InChI=1S/C30H35F3N2O2/c31-30(32,33)26-3-1-21(2-4-26)19-34-9-11-35(12-10-34)28(36)20-37-27-7-5-25(6-8-27)29-16-22-13-23(17-29)15-24(14-22)18-29/h1-8,22-24H,9-20H2. The molecule has 1 aliphatic heterocycles. The van der Waals surface area contributed by atoms with Gasteiger partial charge in [-0.05, 0) is 97.1 Å². The molecule has 2 aromatic rings. The monoisotopic (exact) mass is 512 g/mol. The number of hydrogen-bond donors (Lipinski definition) is 0. The van der Waals surface area contributed by atoms with Gasteiger partial charge >= 0.3 is 6.18 Å². The maximum atomic E-state index is 12.8. The summed E-state index contributed by atoms with van der Waals surface area (Å²) in [6.07, 6.45) is 4.00. The Morgan fingerprint density at radius 3 is 1.95 bits per heavy atom. The molecular weight excluding hydrogens is 477 g/mol. The molecule has 37 heavy (non-hydrogen) atoms. The van der Waals surface area contributed by atoms with Crippen LogP contribution < -0.4 is 4.74 Å². The molecule has 1 amide bonds. The molecule has 0 radical (unpaired) electrons. The second-order valence-electron chi connectivity index (χ2n) is 11.9. The number of ether oxygens (including phenoxy) is 1. The van der Waals surface area contributed by atoms with Crippen molar-refractivity contribution in [1.82, 2.24) is 9.80 Å². The Bertz CT molecular complexity index is 1070. The molecule has 5 aliphatic rings. The molecule has 198 valence electrons. The quantitative estimate of drug-likeness (QED) is 0.484. The van der Waals surface area contributed by atoms with E-state index in [1.165, 1.54) is 56.2 Å². The topological polar surface area (TPSA) is 32.8 Å². The van der Waals surface area contributed by atoms with Crippen molar-refractivity contribution >= 4 is 5.91 Å². The Kier molecular flexibility index (Phi) is 6.46. The normalized spacial score (nSPS) is 29.5. The molecule has 1 saturated heterocycles. The first-order valence-corrected chi connectivity index (χ1v) is 13.7. The van der Waals surface area contributed by atoms with Crippen molar-refractivity contribution in [3.8, 4) is 5.75 Å². The number of halogens is 3. The second-order valence-corrected chi connectivity index (χ2v) is 11.9. The third-order valence-corrected chi connectivity index (χ3v) is 9.28. The lowest BCUT2D eigenvalue weighted by Gasteiger charge is -2.57. The van der Waals surface area contributed by atoms with E-state index in [0.29, 0.717) is 38.1 Å². The number of alkyl halides is 3. The van der Waals surface area contributed by atoms with Crippen LogP contribution in [0.25, 0.3) is 0 Å². The third-order valence-electron chi connectivity index (χ3n) is 9.28. The number of amides is 1. The molecule has 5 fully saturated rings. The highest BCUT2D eigenvalue weighted by atomic mass is 19.4. The Hall–Kier alpha value is -2.54. The van der Waals surface area contributed by atoms with Crippen LogP contribution in [0.5, 0.6) is 5.75 Å². The zero-order valence-corrected chi connectivity index (χ0v) is 21.2. The van der Waals surface area contributed by atoms with E-state index in [4.69, 9.17) is 4.74 Å². The Balaban J connectivity index is 0.967. The van der Waals surface area contributed by atoms with Crippen LogP contribution in [0.3, 0.4) is 0 Å². The first-order valence-electron chi connectivity index (χ1n) is 13.7. The lowest BCUT2D eigenvalue weighted by Crippen LogP contribution is -2.49. The molecule has 0 unspecified atom stereocenters. The predicted octanol–water partition coefficient (Wildman–Crippen LogP) is 5.90. The van der Waals surface area contributed by atoms with Crippen LogP contribution in [-0.4, -0.2) is 48.5 Å². The first kappa shape index (κ1) is 24.8. The van der Waals surface area contributed by atoms with Gasteiger partial charge in [-0.15, -0.1) is 0 Å². The van der Waals surface area contributed by atoms with Gasteiger partial charge in [0.1, 0.15) is 5.75 Å². The zero-order valence-electron chi connectivity index (χ0n) is 21.2. The number of piperazine rings is 1. The molecule has 2 aromatic carbocycles. The van der Waals surface area contributed by atoms with Gasteiger partial charge in [-0.3, -0.25) is 9.69 Å². The number of carbonyl (C=O) groups excluding carboxylic acids is 1. The van der Waals surface area contributed by atoms with Crippen LogP contribution in [0.1, 0.15) is 55.2 Å².